The molecule has 2 heteroatoms. The molecule has 0 spiro atoms. The second kappa shape index (κ2) is 8.30. The minimum absolute atomic E-state index is 0.670. The van der Waals surface area contributed by atoms with E-state index >= 15 is 0 Å². The maximum absolute atomic E-state index is 8.52. The summed E-state index contributed by atoms with van der Waals surface area (Å²) in [7, 11) is 0. The normalized spacial score (nSPS) is 11.1. The van der Waals surface area contributed by atoms with Gasteiger partial charge in [0.05, 0.1) is 0 Å². The highest BCUT2D eigenvalue weighted by Crippen LogP contribution is 2.09. The first kappa shape index (κ1) is 14.0. The molecule has 0 aliphatic rings. The van der Waals surface area contributed by atoms with Gasteiger partial charge in [-0.05, 0) is 46.5 Å². The second-order valence-corrected chi connectivity index (χ2v) is 4.12. The van der Waals surface area contributed by atoms with Gasteiger partial charge in [0.25, 0.3) is 0 Å². The number of nitrogens with one attached hydrogen (secondary N) is 1. The number of allylic oxidation sites excluding steroid dienone is 5. The highest BCUT2D eigenvalue weighted by Gasteiger charge is 1.91. The first-order valence-corrected chi connectivity index (χ1v) is 5.43. The zero-order valence-corrected chi connectivity index (χ0v) is 10.1. The molecule has 2 nitrogen and oxygen atoms in total. The van der Waals surface area contributed by atoms with Gasteiger partial charge in [0.15, 0.2) is 0 Å². The first-order valence-electron chi connectivity index (χ1n) is 5.43. The summed E-state index contributed by atoms with van der Waals surface area (Å²) >= 11 is 0. The highest BCUT2D eigenvalue weighted by molar-refractivity contribution is 5.03. The van der Waals surface area contributed by atoms with Gasteiger partial charge in [0, 0.05) is 5.70 Å². The summed E-state index contributed by atoms with van der Waals surface area (Å²) < 4.78 is 0. The van der Waals surface area contributed by atoms with Gasteiger partial charge in [-0.1, -0.05) is 29.9 Å². The lowest BCUT2D eigenvalue weighted by Gasteiger charge is -2.02. The molecule has 0 bridgehead atoms. The second-order valence-electron chi connectivity index (χ2n) is 4.12. The molecular weight excluding hydrogens is 186 g/mol. The molecule has 0 aromatic heterocycles. The van der Waals surface area contributed by atoms with Crippen LogP contribution in [0.25, 0.3) is 0 Å². The molecule has 0 radical (unpaired) electrons. The van der Waals surface area contributed by atoms with Crippen molar-refractivity contribution in [3.05, 3.63) is 35.6 Å². The molecule has 0 rings (SSSR count). The summed E-state index contributed by atoms with van der Waals surface area (Å²) in [5.74, 6) is 0. The van der Waals surface area contributed by atoms with Crippen molar-refractivity contribution in [1.82, 2.24) is 5.48 Å². The maximum atomic E-state index is 8.52. The average Bonchev–Trinajstić information content (AvgIpc) is 2.17. The third kappa shape index (κ3) is 9.29. The molecular formula is C13H23NO. The molecule has 86 valence electrons. The van der Waals surface area contributed by atoms with E-state index in [0.717, 1.165) is 25.7 Å². The monoisotopic (exact) mass is 209 g/mol. The van der Waals surface area contributed by atoms with E-state index in [1.165, 1.54) is 11.1 Å². The largest absolute Gasteiger partial charge is 0.291 e. The smallest absolute Gasteiger partial charge is 0.0307 e. The zero-order chi connectivity index (χ0) is 11.7. The Bertz CT molecular complexity index is 247. The summed E-state index contributed by atoms with van der Waals surface area (Å²) in [5, 5.41) is 8.52. The summed E-state index contributed by atoms with van der Waals surface area (Å²) in [6.07, 6.45) is 8.42. The molecule has 15 heavy (non-hydrogen) atoms. The highest BCUT2D eigenvalue weighted by atomic mass is 16.5. The number of hydroxylamine groups is 1. The van der Waals surface area contributed by atoms with Crippen LogP contribution < -0.4 is 5.48 Å². The van der Waals surface area contributed by atoms with Gasteiger partial charge in [-0.3, -0.25) is 10.7 Å². The molecule has 0 saturated heterocycles. The zero-order valence-electron chi connectivity index (χ0n) is 10.1. The van der Waals surface area contributed by atoms with E-state index in [1.807, 2.05) is 0 Å². The standard InChI is InChI=1S/C13H23NO/c1-11(2)7-5-8-12(3)9-6-10-13(4)14-15/h7,9,14-15H,4-6,8,10H2,1-3H3/b12-9+. The van der Waals surface area contributed by atoms with Crippen molar-refractivity contribution in [1.29, 1.82) is 0 Å². The van der Waals surface area contributed by atoms with Gasteiger partial charge in [-0.2, -0.15) is 0 Å². The Hall–Kier alpha value is -1.02. The third-order valence-corrected chi connectivity index (χ3v) is 2.19. The predicted molar refractivity (Wildman–Crippen MR) is 65.7 cm³/mol. The molecule has 0 fully saturated rings. The van der Waals surface area contributed by atoms with Gasteiger partial charge < -0.3 is 0 Å². The Morgan fingerprint density at radius 1 is 1.13 bits per heavy atom. The van der Waals surface area contributed by atoms with Crippen LogP contribution in [0.1, 0.15) is 46.5 Å². The van der Waals surface area contributed by atoms with Crippen LogP contribution in [0, 0.1) is 0 Å². The topological polar surface area (TPSA) is 32.3 Å². The minimum Gasteiger partial charge on any atom is -0.291 e. The van der Waals surface area contributed by atoms with E-state index in [1.54, 1.807) is 0 Å². The molecule has 0 aliphatic heterocycles. The quantitative estimate of drug-likeness (QED) is 0.491. The lowest BCUT2D eigenvalue weighted by atomic mass is 10.1. The van der Waals surface area contributed by atoms with Crippen molar-refractivity contribution >= 4 is 0 Å². The fourth-order valence-corrected chi connectivity index (χ4v) is 1.24. The fourth-order valence-electron chi connectivity index (χ4n) is 1.24. The number of hydrogen-bond donors (Lipinski definition) is 2. The molecule has 0 heterocycles. The van der Waals surface area contributed by atoms with Crippen molar-refractivity contribution < 1.29 is 5.21 Å². The van der Waals surface area contributed by atoms with Crippen LogP contribution in [0.5, 0.6) is 0 Å². The van der Waals surface area contributed by atoms with E-state index in [-0.39, 0.29) is 0 Å². The van der Waals surface area contributed by atoms with E-state index < -0.39 is 0 Å². The summed E-state index contributed by atoms with van der Waals surface area (Å²) in [4.78, 5) is 0. The summed E-state index contributed by atoms with van der Waals surface area (Å²) in [6, 6.07) is 0. The Morgan fingerprint density at radius 3 is 2.27 bits per heavy atom. The van der Waals surface area contributed by atoms with Crippen LogP contribution in [0.3, 0.4) is 0 Å². The maximum Gasteiger partial charge on any atom is 0.0307 e. The Labute approximate surface area is 93.3 Å². The molecule has 0 aromatic rings. The van der Waals surface area contributed by atoms with Crippen molar-refractivity contribution in [2.24, 2.45) is 0 Å². The van der Waals surface area contributed by atoms with Crippen molar-refractivity contribution in [2.75, 3.05) is 0 Å². The first-order chi connectivity index (χ1) is 7.06. The van der Waals surface area contributed by atoms with Gasteiger partial charge in [0.2, 0.25) is 0 Å². The van der Waals surface area contributed by atoms with Crippen molar-refractivity contribution in [3.8, 4) is 0 Å². The fraction of sp³-hybridized carbons (Fsp3) is 0.538. The van der Waals surface area contributed by atoms with E-state index in [9.17, 15) is 0 Å². The average molecular weight is 209 g/mol. The number of rotatable bonds is 7. The van der Waals surface area contributed by atoms with Crippen LogP contribution in [0.2, 0.25) is 0 Å². The van der Waals surface area contributed by atoms with E-state index in [2.05, 4.69) is 45.0 Å². The SMILES string of the molecule is C=C(CC/C=C(\C)CCC=C(C)C)NO. The lowest BCUT2D eigenvalue weighted by molar-refractivity contribution is 0.197. The molecule has 0 amide bonds. The van der Waals surface area contributed by atoms with E-state index in [0.29, 0.717) is 5.70 Å². The predicted octanol–water partition coefficient (Wildman–Crippen LogP) is 3.95. The Morgan fingerprint density at radius 2 is 1.73 bits per heavy atom. The van der Waals surface area contributed by atoms with Crippen LogP contribution in [-0.4, -0.2) is 5.21 Å². The Kier molecular flexibility index (Phi) is 7.74. The minimum atomic E-state index is 0.670. The number of hydrogen-bond acceptors (Lipinski definition) is 2. The van der Waals surface area contributed by atoms with Crippen LogP contribution in [0.4, 0.5) is 0 Å². The molecule has 0 saturated carbocycles. The van der Waals surface area contributed by atoms with Gasteiger partial charge in [-0.25, -0.2) is 0 Å². The van der Waals surface area contributed by atoms with Crippen LogP contribution in [-0.2, 0) is 0 Å². The van der Waals surface area contributed by atoms with Gasteiger partial charge in [0.1, 0.15) is 0 Å². The lowest BCUT2D eigenvalue weighted by Crippen LogP contribution is -2.04. The van der Waals surface area contributed by atoms with Crippen LogP contribution >= 0.6 is 0 Å². The molecule has 0 aliphatic carbocycles. The van der Waals surface area contributed by atoms with Gasteiger partial charge >= 0.3 is 0 Å². The summed E-state index contributed by atoms with van der Waals surface area (Å²) in [5.41, 5.74) is 5.51. The third-order valence-electron chi connectivity index (χ3n) is 2.19. The summed E-state index contributed by atoms with van der Waals surface area (Å²) in [6.45, 7) is 10.0. The molecule has 0 unspecified atom stereocenters. The molecule has 0 aromatic carbocycles. The van der Waals surface area contributed by atoms with Gasteiger partial charge in [-0.15, -0.1) is 0 Å². The van der Waals surface area contributed by atoms with Crippen molar-refractivity contribution in [2.45, 2.75) is 46.5 Å². The van der Waals surface area contributed by atoms with Crippen molar-refractivity contribution in [3.63, 3.8) is 0 Å². The van der Waals surface area contributed by atoms with E-state index in [4.69, 9.17) is 5.21 Å². The molecule has 0 atom stereocenters. The Balaban J connectivity index is 3.70. The van der Waals surface area contributed by atoms with Crippen LogP contribution in [0.15, 0.2) is 35.6 Å². The molecule has 2 N–H and O–H groups in total.